The second-order valence-electron chi connectivity index (χ2n) is 5.76. The molecule has 0 aliphatic rings. The number of likely N-dealkylation sites (N-methyl/N-ethyl adjacent to an activating group) is 1. The zero-order valence-corrected chi connectivity index (χ0v) is 13.1. The molecule has 1 N–H and O–H groups in total. The van der Waals surface area contributed by atoms with Gasteiger partial charge in [-0.1, -0.05) is 12.1 Å². The quantitative estimate of drug-likeness (QED) is 0.754. The maximum Gasteiger partial charge on any atom is 0.253 e. The lowest BCUT2D eigenvalue weighted by Gasteiger charge is -2.11. The number of para-hydroxylation sites is 1. The van der Waals surface area contributed by atoms with E-state index >= 15 is 0 Å². The highest BCUT2D eigenvalue weighted by Gasteiger charge is 2.12. The van der Waals surface area contributed by atoms with Gasteiger partial charge in [0.1, 0.15) is 5.82 Å². The average Bonchev–Trinajstić information content (AvgIpc) is 2.51. The normalized spacial score (nSPS) is 11.3. The zero-order valence-electron chi connectivity index (χ0n) is 13.1. The third-order valence-electron chi connectivity index (χ3n) is 3.69. The number of halogens is 1. The molecule has 23 heavy (non-hydrogen) atoms. The van der Waals surface area contributed by atoms with E-state index in [2.05, 4.69) is 10.3 Å². The van der Waals surface area contributed by atoms with E-state index in [1.54, 1.807) is 12.1 Å². The number of benzene rings is 2. The summed E-state index contributed by atoms with van der Waals surface area (Å²) in [6.45, 7) is 1.32. The van der Waals surface area contributed by atoms with Crippen LogP contribution < -0.4 is 5.32 Å². The Labute approximate surface area is 133 Å². The lowest BCUT2D eigenvalue weighted by molar-refractivity contribution is 0.0952. The second-order valence-corrected chi connectivity index (χ2v) is 5.76. The zero-order chi connectivity index (χ0) is 16.4. The molecule has 0 aliphatic heterocycles. The Hall–Kier alpha value is -2.53. The van der Waals surface area contributed by atoms with Crippen LogP contribution in [0.5, 0.6) is 0 Å². The van der Waals surface area contributed by atoms with Crippen molar-refractivity contribution in [3.05, 3.63) is 53.8 Å². The van der Waals surface area contributed by atoms with Crippen molar-refractivity contribution in [1.29, 1.82) is 0 Å². The molecule has 1 amide bonds. The van der Waals surface area contributed by atoms with Crippen LogP contribution in [0.2, 0.25) is 0 Å². The molecule has 3 rings (SSSR count). The summed E-state index contributed by atoms with van der Waals surface area (Å²) in [5.41, 5.74) is 1.64. The van der Waals surface area contributed by atoms with Gasteiger partial charge < -0.3 is 10.2 Å². The number of carbonyl (C=O) groups is 1. The van der Waals surface area contributed by atoms with Crippen molar-refractivity contribution >= 4 is 27.7 Å². The fraction of sp³-hybridized carbons (Fsp3) is 0.222. The first kappa shape index (κ1) is 15.4. The van der Waals surface area contributed by atoms with Crippen molar-refractivity contribution in [2.75, 3.05) is 27.2 Å². The maximum atomic E-state index is 13.4. The molecule has 0 bridgehead atoms. The van der Waals surface area contributed by atoms with E-state index in [4.69, 9.17) is 0 Å². The van der Waals surface area contributed by atoms with Crippen molar-refractivity contribution in [2.45, 2.75) is 0 Å². The second kappa shape index (κ2) is 6.30. The Morgan fingerprint density at radius 3 is 2.78 bits per heavy atom. The van der Waals surface area contributed by atoms with Crippen LogP contribution in [0, 0.1) is 5.82 Å². The highest BCUT2D eigenvalue weighted by Crippen LogP contribution is 2.23. The third-order valence-corrected chi connectivity index (χ3v) is 3.69. The molecule has 0 saturated heterocycles. The van der Waals surface area contributed by atoms with Gasteiger partial charge >= 0.3 is 0 Å². The van der Waals surface area contributed by atoms with E-state index in [-0.39, 0.29) is 11.7 Å². The molecule has 1 aromatic heterocycles. The Morgan fingerprint density at radius 1 is 1.17 bits per heavy atom. The van der Waals surface area contributed by atoms with Crippen LogP contribution in [-0.4, -0.2) is 43.0 Å². The minimum Gasteiger partial charge on any atom is -0.351 e. The topological polar surface area (TPSA) is 45.2 Å². The van der Waals surface area contributed by atoms with E-state index in [9.17, 15) is 9.18 Å². The van der Waals surface area contributed by atoms with Crippen molar-refractivity contribution in [1.82, 2.24) is 15.2 Å². The van der Waals surface area contributed by atoms with E-state index in [1.807, 2.05) is 37.2 Å². The molecule has 0 aliphatic carbocycles. The van der Waals surface area contributed by atoms with Gasteiger partial charge in [-0.05, 0) is 38.4 Å². The Morgan fingerprint density at radius 2 is 2.00 bits per heavy atom. The van der Waals surface area contributed by atoms with E-state index in [0.29, 0.717) is 23.1 Å². The van der Waals surface area contributed by atoms with Crippen LogP contribution in [0.15, 0.2) is 42.5 Å². The number of nitrogens with zero attached hydrogens (tertiary/aromatic N) is 2. The number of pyridine rings is 1. The van der Waals surface area contributed by atoms with Gasteiger partial charge in [-0.25, -0.2) is 9.37 Å². The summed E-state index contributed by atoms with van der Waals surface area (Å²) in [7, 11) is 3.90. The molecule has 0 spiro atoms. The van der Waals surface area contributed by atoms with Gasteiger partial charge in [0.15, 0.2) is 0 Å². The lowest BCUT2D eigenvalue weighted by Crippen LogP contribution is -2.31. The summed E-state index contributed by atoms with van der Waals surface area (Å²) in [6.07, 6.45) is 0. The van der Waals surface area contributed by atoms with E-state index < -0.39 is 0 Å². The number of rotatable bonds is 4. The summed E-state index contributed by atoms with van der Waals surface area (Å²) in [5.74, 6) is -0.502. The molecule has 3 aromatic rings. The molecular weight excluding hydrogens is 293 g/mol. The monoisotopic (exact) mass is 311 g/mol. The van der Waals surface area contributed by atoms with Crippen molar-refractivity contribution in [3.63, 3.8) is 0 Å². The van der Waals surface area contributed by atoms with Gasteiger partial charge in [0.2, 0.25) is 0 Å². The number of aromatic nitrogens is 1. The first-order valence-electron chi connectivity index (χ1n) is 7.46. The molecule has 0 unspecified atom stereocenters. The van der Waals surface area contributed by atoms with Crippen molar-refractivity contribution < 1.29 is 9.18 Å². The SMILES string of the molecule is CN(C)CCNC(=O)c1cccc2cc3ccc(F)cc3nc12. The van der Waals surface area contributed by atoms with Crippen LogP contribution in [-0.2, 0) is 0 Å². The fourth-order valence-corrected chi connectivity index (χ4v) is 2.50. The number of hydrogen-bond donors (Lipinski definition) is 1. The minimum absolute atomic E-state index is 0.166. The summed E-state index contributed by atoms with van der Waals surface area (Å²) in [5, 5.41) is 4.60. The van der Waals surface area contributed by atoms with Gasteiger partial charge in [-0.3, -0.25) is 4.79 Å². The highest BCUT2D eigenvalue weighted by molar-refractivity contribution is 6.07. The number of carbonyl (C=O) groups excluding carboxylic acids is 1. The van der Waals surface area contributed by atoms with Gasteiger partial charge in [0, 0.05) is 29.9 Å². The molecule has 5 heteroatoms. The van der Waals surface area contributed by atoms with Crippen molar-refractivity contribution in [3.8, 4) is 0 Å². The molecule has 0 fully saturated rings. The Bertz CT molecular complexity index is 877. The van der Waals surface area contributed by atoms with Crippen LogP contribution in [0.3, 0.4) is 0 Å². The average molecular weight is 311 g/mol. The van der Waals surface area contributed by atoms with Crippen molar-refractivity contribution in [2.24, 2.45) is 0 Å². The Kier molecular flexibility index (Phi) is 4.21. The minimum atomic E-state index is -0.336. The predicted octanol–water partition coefficient (Wildman–Crippen LogP) is 2.82. The summed E-state index contributed by atoms with van der Waals surface area (Å²) < 4.78 is 13.4. The number of nitrogens with one attached hydrogen (secondary N) is 1. The highest BCUT2D eigenvalue weighted by atomic mass is 19.1. The van der Waals surface area contributed by atoms with Crippen LogP contribution in [0.4, 0.5) is 4.39 Å². The van der Waals surface area contributed by atoms with E-state index in [0.717, 1.165) is 17.3 Å². The lowest BCUT2D eigenvalue weighted by atomic mass is 10.1. The van der Waals surface area contributed by atoms with Crippen LogP contribution >= 0.6 is 0 Å². The number of fused-ring (bicyclic) bond motifs is 2. The van der Waals surface area contributed by atoms with Crippen LogP contribution in [0.1, 0.15) is 10.4 Å². The summed E-state index contributed by atoms with van der Waals surface area (Å²) in [4.78, 5) is 18.9. The first-order chi connectivity index (χ1) is 11.0. The Balaban J connectivity index is 2.01. The molecule has 1 heterocycles. The molecule has 0 radical (unpaired) electrons. The molecule has 0 atom stereocenters. The largest absolute Gasteiger partial charge is 0.351 e. The third kappa shape index (κ3) is 3.29. The molecular formula is C18H18FN3O. The maximum absolute atomic E-state index is 13.4. The molecule has 118 valence electrons. The van der Waals surface area contributed by atoms with Gasteiger partial charge in [-0.15, -0.1) is 0 Å². The molecule has 0 saturated carbocycles. The first-order valence-corrected chi connectivity index (χ1v) is 7.46. The van der Waals surface area contributed by atoms with Gasteiger partial charge in [0.25, 0.3) is 5.91 Å². The number of amides is 1. The van der Waals surface area contributed by atoms with Gasteiger partial charge in [-0.2, -0.15) is 0 Å². The predicted molar refractivity (Wildman–Crippen MR) is 90.1 cm³/mol. The smallest absolute Gasteiger partial charge is 0.253 e. The molecule has 4 nitrogen and oxygen atoms in total. The van der Waals surface area contributed by atoms with E-state index in [1.165, 1.54) is 12.1 Å². The summed E-state index contributed by atoms with van der Waals surface area (Å²) >= 11 is 0. The molecule has 2 aromatic carbocycles. The fourth-order valence-electron chi connectivity index (χ4n) is 2.50. The van der Waals surface area contributed by atoms with Crippen LogP contribution in [0.25, 0.3) is 21.8 Å². The summed E-state index contributed by atoms with van der Waals surface area (Å²) in [6, 6.07) is 11.9. The standard InChI is InChI=1S/C18H18FN3O/c1-22(2)9-8-20-18(23)15-5-3-4-13-10-12-6-7-14(19)11-16(12)21-17(13)15/h3-7,10-11H,8-9H2,1-2H3,(H,20,23). The van der Waals surface area contributed by atoms with Gasteiger partial charge in [0.05, 0.1) is 16.6 Å². The number of hydrogen-bond acceptors (Lipinski definition) is 3.